The number of benzene rings is 1. The van der Waals surface area contributed by atoms with E-state index in [9.17, 15) is 18.0 Å². The number of hydrogen-bond acceptors (Lipinski definition) is 3. The van der Waals surface area contributed by atoms with Crippen molar-refractivity contribution in [3.8, 4) is 5.75 Å². The minimum atomic E-state index is -4.69. The molecule has 1 aromatic carbocycles. The minimum absolute atomic E-state index is 0. The van der Waals surface area contributed by atoms with Crippen LogP contribution in [0.15, 0.2) is 35.9 Å². The van der Waals surface area contributed by atoms with Crippen LogP contribution >= 0.6 is 12.4 Å². The van der Waals surface area contributed by atoms with Gasteiger partial charge in [-0.15, -0.1) is 25.6 Å². The van der Waals surface area contributed by atoms with Crippen molar-refractivity contribution in [3.63, 3.8) is 0 Å². The lowest BCUT2D eigenvalue weighted by Crippen LogP contribution is -2.29. The van der Waals surface area contributed by atoms with Crippen LogP contribution in [0, 0.1) is 0 Å². The zero-order valence-electron chi connectivity index (χ0n) is 13.0. The molecule has 0 fully saturated rings. The van der Waals surface area contributed by atoms with Crippen LogP contribution in [0.25, 0.3) is 0 Å². The smallest absolute Gasteiger partial charge is 0.406 e. The lowest BCUT2D eigenvalue weighted by Gasteiger charge is -2.14. The Morgan fingerprint density at radius 3 is 2.54 bits per heavy atom. The molecule has 0 unspecified atom stereocenters. The molecule has 0 radical (unpaired) electrons. The zero-order valence-corrected chi connectivity index (χ0v) is 13.8. The normalized spacial score (nSPS) is 14.4. The van der Waals surface area contributed by atoms with Gasteiger partial charge in [0.25, 0.3) is 0 Å². The van der Waals surface area contributed by atoms with E-state index in [-0.39, 0.29) is 24.1 Å². The maximum atomic E-state index is 12.1. The van der Waals surface area contributed by atoms with Crippen LogP contribution in [-0.2, 0) is 11.2 Å². The molecule has 2 rings (SSSR count). The summed E-state index contributed by atoms with van der Waals surface area (Å²) in [6.07, 6.45) is -0.918. The molecule has 2 N–H and O–H groups in total. The highest BCUT2D eigenvalue weighted by atomic mass is 35.5. The minimum Gasteiger partial charge on any atom is -0.406 e. The van der Waals surface area contributed by atoms with Gasteiger partial charge in [0.2, 0.25) is 5.91 Å². The van der Waals surface area contributed by atoms with Crippen molar-refractivity contribution in [3.05, 3.63) is 41.5 Å². The Balaban J connectivity index is 0.00000288. The molecule has 1 aliphatic heterocycles. The predicted octanol–water partition coefficient (Wildman–Crippen LogP) is 2.98. The average Bonchev–Trinajstić information content (AvgIpc) is 2.52. The van der Waals surface area contributed by atoms with Gasteiger partial charge in [-0.25, -0.2) is 0 Å². The highest BCUT2D eigenvalue weighted by molar-refractivity contribution is 5.85. The first-order valence-corrected chi connectivity index (χ1v) is 7.42. The van der Waals surface area contributed by atoms with E-state index < -0.39 is 6.36 Å². The molecule has 0 saturated heterocycles. The van der Waals surface area contributed by atoms with Crippen LogP contribution in [0.3, 0.4) is 0 Å². The fourth-order valence-electron chi connectivity index (χ4n) is 2.25. The van der Waals surface area contributed by atoms with Gasteiger partial charge in [0.05, 0.1) is 0 Å². The Morgan fingerprint density at radius 2 is 1.96 bits per heavy atom. The topological polar surface area (TPSA) is 50.4 Å². The Labute approximate surface area is 144 Å². The van der Waals surface area contributed by atoms with Gasteiger partial charge in [-0.2, -0.15) is 0 Å². The Bertz CT molecular complexity index is 559. The highest BCUT2D eigenvalue weighted by Crippen LogP contribution is 2.22. The Hall–Kier alpha value is -1.73. The van der Waals surface area contributed by atoms with Crippen LogP contribution in [0.5, 0.6) is 5.75 Å². The fourth-order valence-corrected chi connectivity index (χ4v) is 2.25. The largest absolute Gasteiger partial charge is 0.573 e. The lowest BCUT2D eigenvalue weighted by atomic mass is 10.1. The number of carbonyl (C=O) groups excluding carboxylic acids is 1. The second-order valence-electron chi connectivity index (χ2n) is 5.28. The molecule has 24 heavy (non-hydrogen) atoms. The van der Waals surface area contributed by atoms with Gasteiger partial charge in [0.1, 0.15) is 5.75 Å². The number of alkyl halides is 3. The van der Waals surface area contributed by atoms with E-state index in [0.29, 0.717) is 19.4 Å². The van der Waals surface area contributed by atoms with Crippen molar-refractivity contribution in [1.82, 2.24) is 10.6 Å². The number of aryl methyl sites for hydroxylation is 1. The molecule has 134 valence electrons. The van der Waals surface area contributed by atoms with Gasteiger partial charge >= 0.3 is 6.36 Å². The third-order valence-electron chi connectivity index (χ3n) is 3.47. The number of carbonyl (C=O) groups is 1. The number of ether oxygens (including phenoxy) is 1. The molecule has 0 bridgehead atoms. The maximum Gasteiger partial charge on any atom is 0.573 e. The monoisotopic (exact) mass is 364 g/mol. The summed E-state index contributed by atoms with van der Waals surface area (Å²) >= 11 is 0. The molecule has 0 aromatic heterocycles. The molecule has 0 spiro atoms. The van der Waals surface area contributed by atoms with Crippen LogP contribution in [0.4, 0.5) is 13.2 Å². The molecule has 1 heterocycles. The second kappa shape index (κ2) is 9.54. The molecule has 0 atom stereocenters. The summed E-state index contributed by atoms with van der Waals surface area (Å²) < 4.78 is 39.9. The Morgan fingerprint density at radius 1 is 1.25 bits per heavy atom. The van der Waals surface area contributed by atoms with Gasteiger partial charge in [0, 0.05) is 19.5 Å². The molecular weight excluding hydrogens is 345 g/mol. The van der Waals surface area contributed by atoms with Crippen LogP contribution in [0.1, 0.15) is 18.4 Å². The Kier molecular flexibility index (Phi) is 8.07. The van der Waals surface area contributed by atoms with E-state index >= 15 is 0 Å². The maximum absolute atomic E-state index is 12.1. The van der Waals surface area contributed by atoms with E-state index in [1.807, 2.05) is 0 Å². The highest BCUT2D eigenvalue weighted by Gasteiger charge is 2.30. The van der Waals surface area contributed by atoms with Crippen LogP contribution < -0.4 is 15.4 Å². The summed E-state index contributed by atoms with van der Waals surface area (Å²) in [5.41, 5.74) is 2.00. The summed E-state index contributed by atoms with van der Waals surface area (Å²) in [7, 11) is 0. The van der Waals surface area contributed by atoms with Gasteiger partial charge in [-0.3, -0.25) is 4.79 Å². The predicted molar refractivity (Wildman–Crippen MR) is 87.3 cm³/mol. The number of nitrogens with one attached hydrogen (secondary N) is 2. The van der Waals surface area contributed by atoms with E-state index in [1.165, 1.54) is 29.8 Å². The van der Waals surface area contributed by atoms with Crippen molar-refractivity contribution < 1.29 is 22.7 Å². The molecule has 4 nitrogen and oxygen atoms in total. The van der Waals surface area contributed by atoms with Crippen LogP contribution in [-0.4, -0.2) is 31.9 Å². The fraction of sp³-hybridized carbons (Fsp3) is 0.438. The average molecular weight is 365 g/mol. The van der Waals surface area contributed by atoms with Gasteiger partial charge in [0.15, 0.2) is 0 Å². The van der Waals surface area contributed by atoms with Gasteiger partial charge in [-0.05, 0) is 37.1 Å². The SMILES string of the molecule is Cl.O=C(CCc1ccc(OC(F)(F)F)cc1)NCC1=CCNCC1. The first-order chi connectivity index (χ1) is 10.9. The molecule has 8 heteroatoms. The van der Waals surface area contributed by atoms with Crippen molar-refractivity contribution in [2.75, 3.05) is 19.6 Å². The van der Waals surface area contributed by atoms with Crippen molar-refractivity contribution in [2.45, 2.75) is 25.6 Å². The standard InChI is InChI=1S/C16H19F3N2O2.ClH/c17-16(18,19)23-14-4-1-12(2-5-14)3-6-15(22)21-11-13-7-9-20-10-8-13;/h1-2,4-5,7,20H,3,6,8-11H2,(H,21,22);1H. The molecule has 1 amide bonds. The first-order valence-electron chi connectivity index (χ1n) is 7.42. The summed E-state index contributed by atoms with van der Waals surface area (Å²) in [5, 5.41) is 6.05. The molecule has 1 aliphatic rings. The lowest BCUT2D eigenvalue weighted by molar-refractivity contribution is -0.274. The number of rotatable bonds is 6. The van der Waals surface area contributed by atoms with E-state index in [4.69, 9.17) is 0 Å². The molecule has 0 saturated carbocycles. The zero-order chi connectivity index (χ0) is 16.7. The first kappa shape index (κ1) is 20.3. The quantitative estimate of drug-likeness (QED) is 0.763. The summed E-state index contributed by atoms with van der Waals surface area (Å²) in [6.45, 7) is 2.31. The van der Waals surface area contributed by atoms with E-state index in [0.717, 1.165) is 25.1 Å². The summed E-state index contributed by atoms with van der Waals surface area (Å²) in [4.78, 5) is 11.8. The number of hydrogen-bond donors (Lipinski definition) is 2. The van der Waals surface area contributed by atoms with Gasteiger partial charge < -0.3 is 15.4 Å². The summed E-state index contributed by atoms with van der Waals surface area (Å²) in [6, 6.07) is 5.56. The van der Waals surface area contributed by atoms with Crippen LogP contribution in [0.2, 0.25) is 0 Å². The van der Waals surface area contributed by atoms with E-state index in [1.54, 1.807) is 0 Å². The van der Waals surface area contributed by atoms with Crippen molar-refractivity contribution in [2.24, 2.45) is 0 Å². The van der Waals surface area contributed by atoms with Crippen molar-refractivity contribution in [1.29, 1.82) is 0 Å². The second-order valence-corrected chi connectivity index (χ2v) is 5.28. The van der Waals surface area contributed by atoms with E-state index in [2.05, 4.69) is 21.4 Å². The summed E-state index contributed by atoms with van der Waals surface area (Å²) in [5.74, 6) is -0.330. The molecular formula is C16H20ClF3N2O2. The number of halogens is 4. The molecule has 1 aromatic rings. The van der Waals surface area contributed by atoms with Crippen molar-refractivity contribution >= 4 is 18.3 Å². The third kappa shape index (κ3) is 7.70. The number of amides is 1. The van der Waals surface area contributed by atoms with Gasteiger partial charge in [-0.1, -0.05) is 23.8 Å². The molecule has 0 aliphatic carbocycles. The third-order valence-corrected chi connectivity index (χ3v) is 3.47.